The lowest BCUT2D eigenvalue weighted by atomic mass is 9.82. The number of hydrogen-bond acceptors (Lipinski definition) is 5. The minimum absolute atomic E-state index is 0.108. The van der Waals surface area contributed by atoms with Crippen molar-refractivity contribution in [3.63, 3.8) is 0 Å². The van der Waals surface area contributed by atoms with Crippen molar-refractivity contribution in [2.24, 2.45) is 0 Å². The fraction of sp³-hybridized carbons (Fsp3) is 0.417. The zero-order valence-electron chi connectivity index (χ0n) is 18.9. The Kier molecular flexibility index (Phi) is 6.06. The molecule has 1 aliphatic rings. The molecule has 0 radical (unpaired) electrons. The fourth-order valence-corrected chi connectivity index (χ4v) is 4.37. The van der Waals surface area contributed by atoms with Crippen LogP contribution < -0.4 is 5.32 Å². The van der Waals surface area contributed by atoms with E-state index in [1.54, 1.807) is 16.8 Å². The SMILES string of the molecule is Cc1cc(C)nc(-n2nc(C)c(CC(=O)NC3(c4ccc(F)cc4)CCOCC3)c2C)n1. The number of aromatic nitrogens is 4. The fourth-order valence-electron chi connectivity index (χ4n) is 4.37. The zero-order valence-corrected chi connectivity index (χ0v) is 18.9. The first-order valence-corrected chi connectivity index (χ1v) is 10.8. The number of nitrogens with zero attached hydrogens (tertiary/aromatic N) is 4. The Morgan fingerprint density at radius 3 is 2.34 bits per heavy atom. The molecular formula is C24H28FN5O2. The molecule has 0 saturated carbocycles. The molecule has 1 aromatic carbocycles. The summed E-state index contributed by atoms with van der Waals surface area (Å²) < 4.78 is 20.7. The number of benzene rings is 1. The molecule has 8 heteroatoms. The molecule has 0 atom stereocenters. The van der Waals surface area contributed by atoms with Crippen LogP contribution in [0.2, 0.25) is 0 Å². The average molecular weight is 438 g/mol. The molecule has 0 unspecified atom stereocenters. The van der Waals surface area contributed by atoms with Crippen molar-refractivity contribution in [3.8, 4) is 5.95 Å². The van der Waals surface area contributed by atoms with Crippen molar-refractivity contribution >= 4 is 5.91 Å². The minimum atomic E-state index is -0.572. The molecule has 0 aliphatic carbocycles. The van der Waals surface area contributed by atoms with Crippen LogP contribution in [0.4, 0.5) is 4.39 Å². The summed E-state index contributed by atoms with van der Waals surface area (Å²) in [7, 11) is 0. The van der Waals surface area contributed by atoms with Crippen LogP contribution in [0, 0.1) is 33.5 Å². The molecule has 1 fully saturated rings. The van der Waals surface area contributed by atoms with E-state index in [1.165, 1.54) is 12.1 Å². The Balaban J connectivity index is 1.59. The maximum Gasteiger partial charge on any atom is 0.251 e. The van der Waals surface area contributed by atoms with Gasteiger partial charge in [0, 0.05) is 35.9 Å². The lowest BCUT2D eigenvalue weighted by molar-refractivity contribution is -0.123. The summed E-state index contributed by atoms with van der Waals surface area (Å²) >= 11 is 0. The highest BCUT2D eigenvalue weighted by Gasteiger charge is 2.36. The van der Waals surface area contributed by atoms with Crippen LogP contribution in [0.25, 0.3) is 5.95 Å². The van der Waals surface area contributed by atoms with Gasteiger partial charge in [0.15, 0.2) is 0 Å². The van der Waals surface area contributed by atoms with E-state index >= 15 is 0 Å². The highest BCUT2D eigenvalue weighted by Crippen LogP contribution is 2.32. The maximum atomic E-state index is 13.5. The van der Waals surface area contributed by atoms with Crippen LogP contribution in [0.5, 0.6) is 0 Å². The third-order valence-electron chi connectivity index (χ3n) is 6.06. The van der Waals surface area contributed by atoms with Gasteiger partial charge < -0.3 is 10.1 Å². The van der Waals surface area contributed by atoms with E-state index < -0.39 is 5.54 Å². The van der Waals surface area contributed by atoms with E-state index in [0.717, 1.165) is 33.9 Å². The van der Waals surface area contributed by atoms with Crippen molar-refractivity contribution in [2.45, 2.75) is 52.5 Å². The predicted octanol–water partition coefficient (Wildman–Crippen LogP) is 3.40. The van der Waals surface area contributed by atoms with Gasteiger partial charge in [0.25, 0.3) is 5.95 Å². The van der Waals surface area contributed by atoms with Crippen LogP contribution in [0.15, 0.2) is 30.3 Å². The normalized spacial score (nSPS) is 15.5. The summed E-state index contributed by atoms with van der Waals surface area (Å²) in [5, 5.41) is 7.83. The van der Waals surface area contributed by atoms with Crippen LogP contribution in [0.3, 0.4) is 0 Å². The molecule has 3 aromatic rings. The molecule has 1 N–H and O–H groups in total. The second-order valence-electron chi connectivity index (χ2n) is 8.44. The van der Waals surface area contributed by atoms with E-state index in [0.29, 0.717) is 32.0 Å². The minimum Gasteiger partial charge on any atom is -0.381 e. The van der Waals surface area contributed by atoms with Gasteiger partial charge in [-0.05, 0) is 64.3 Å². The summed E-state index contributed by atoms with van der Waals surface area (Å²) in [5.74, 6) is 0.0971. The predicted molar refractivity (Wildman–Crippen MR) is 118 cm³/mol. The molecule has 1 saturated heterocycles. The molecule has 168 valence electrons. The van der Waals surface area contributed by atoms with Gasteiger partial charge in [-0.2, -0.15) is 5.10 Å². The Morgan fingerprint density at radius 2 is 1.72 bits per heavy atom. The van der Waals surface area contributed by atoms with Crippen molar-refractivity contribution < 1.29 is 13.9 Å². The maximum absolute atomic E-state index is 13.5. The summed E-state index contributed by atoms with van der Waals surface area (Å²) in [6.07, 6.45) is 1.46. The second-order valence-corrected chi connectivity index (χ2v) is 8.44. The largest absolute Gasteiger partial charge is 0.381 e. The van der Waals surface area contributed by atoms with E-state index in [9.17, 15) is 9.18 Å². The monoisotopic (exact) mass is 437 g/mol. The van der Waals surface area contributed by atoms with Crippen molar-refractivity contribution in [3.05, 3.63) is 70.1 Å². The standard InChI is InChI=1S/C24H28FN5O2/c1-15-13-16(2)27-23(26-15)30-18(4)21(17(3)29-30)14-22(31)28-24(9-11-32-12-10-24)19-5-7-20(25)8-6-19/h5-8,13H,9-12,14H2,1-4H3,(H,28,31). The number of hydrogen-bond donors (Lipinski definition) is 1. The van der Waals surface area contributed by atoms with Gasteiger partial charge in [-0.25, -0.2) is 19.0 Å². The van der Waals surface area contributed by atoms with Crippen molar-refractivity contribution in [2.75, 3.05) is 13.2 Å². The lowest BCUT2D eigenvalue weighted by Crippen LogP contribution is -2.50. The number of halogens is 1. The number of aryl methyl sites for hydroxylation is 3. The van der Waals surface area contributed by atoms with Gasteiger partial charge in [-0.3, -0.25) is 4.79 Å². The van der Waals surface area contributed by atoms with Gasteiger partial charge in [-0.1, -0.05) is 12.1 Å². The summed E-state index contributed by atoms with van der Waals surface area (Å²) in [6, 6.07) is 8.26. The number of nitrogens with one attached hydrogen (secondary N) is 1. The van der Waals surface area contributed by atoms with Crippen LogP contribution in [-0.4, -0.2) is 38.9 Å². The molecule has 0 spiro atoms. The number of carbonyl (C=O) groups is 1. The van der Waals surface area contributed by atoms with E-state index in [4.69, 9.17) is 4.74 Å². The first kappa shape index (κ1) is 22.1. The summed E-state index contributed by atoms with van der Waals surface area (Å²) in [5.41, 5.74) is 4.50. The molecular weight excluding hydrogens is 409 g/mol. The quantitative estimate of drug-likeness (QED) is 0.662. The second kappa shape index (κ2) is 8.78. The van der Waals surface area contributed by atoms with Crippen molar-refractivity contribution in [1.82, 2.24) is 25.1 Å². The Bertz CT molecular complexity index is 1110. The van der Waals surface area contributed by atoms with E-state index in [2.05, 4.69) is 20.4 Å². The number of ether oxygens (including phenoxy) is 1. The Labute approximate surface area is 187 Å². The molecule has 1 amide bonds. The molecule has 7 nitrogen and oxygen atoms in total. The first-order valence-electron chi connectivity index (χ1n) is 10.8. The third kappa shape index (κ3) is 4.41. The van der Waals surface area contributed by atoms with Gasteiger partial charge >= 0.3 is 0 Å². The van der Waals surface area contributed by atoms with Crippen LogP contribution >= 0.6 is 0 Å². The molecule has 32 heavy (non-hydrogen) atoms. The Hall–Kier alpha value is -3.13. The van der Waals surface area contributed by atoms with E-state index in [1.807, 2.05) is 33.8 Å². The lowest BCUT2D eigenvalue weighted by Gasteiger charge is -2.38. The molecule has 3 heterocycles. The molecule has 0 bridgehead atoms. The molecule has 2 aromatic heterocycles. The van der Waals surface area contributed by atoms with Gasteiger partial charge in [0.2, 0.25) is 5.91 Å². The average Bonchev–Trinajstić information content (AvgIpc) is 3.02. The number of amides is 1. The van der Waals surface area contributed by atoms with Gasteiger partial charge in [0.05, 0.1) is 17.7 Å². The van der Waals surface area contributed by atoms with Crippen LogP contribution in [-0.2, 0) is 21.5 Å². The highest BCUT2D eigenvalue weighted by atomic mass is 19.1. The summed E-state index contributed by atoms with van der Waals surface area (Å²) in [4.78, 5) is 22.2. The van der Waals surface area contributed by atoms with Gasteiger partial charge in [-0.15, -0.1) is 0 Å². The smallest absolute Gasteiger partial charge is 0.251 e. The number of rotatable bonds is 5. The Morgan fingerprint density at radius 1 is 1.09 bits per heavy atom. The van der Waals surface area contributed by atoms with Crippen LogP contribution in [0.1, 0.15) is 46.7 Å². The molecule has 1 aliphatic heterocycles. The van der Waals surface area contributed by atoms with Crippen molar-refractivity contribution in [1.29, 1.82) is 0 Å². The topological polar surface area (TPSA) is 81.9 Å². The van der Waals surface area contributed by atoms with E-state index in [-0.39, 0.29) is 18.1 Å². The number of carbonyl (C=O) groups excluding carboxylic acids is 1. The highest BCUT2D eigenvalue weighted by molar-refractivity contribution is 5.80. The first-order chi connectivity index (χ1) is 15.3. The van der Waals surface area contributed by atoms with Gasteiger partial charge in [0.1, 0.15) is 5.82 Å². The molecule has 4 rings (SSSR count). The summed E-state index contributed by atoms with van der Waals surface area (Å²) in [6.45, 7) is 8.73. The zero-order chi connectivity index (χ0) is 22.9. The third-order valence-corrected chi connectivity index (χ3v) is 6.06.